The molecule has 1 N–H and O–H groups in total. The van der Waals surface area contributed by atoms with Crippen molar-refractivity contribution in [3.8, 4) is 5.75 Å². The van der Waals surface area contributed by atoms with Gasteiger partial charge in [-0.2, -0.15) is 0 Å². The minimum absolute atomic E-state index is 0.117. The molecule has 1 aromatic carbocycles. The Morgan fingerprint density at radius 3 is 2.64 bits per heavy atom. The van der Waals surface area contributed by atoms with Crippen LogP contribution in [0.2, 0.25) is 0 Å². The number of nitrogens with one attached hydrogen (secondary N) is 1. The molecule has 2 aromatic rings. The van der Waals surface area contributed by atoms with Crippen molar-refractivity contribution >= 4 is 21.8 Å². The van der Waals surface area contributed by atoms with E-state index in [0.29, 0.717) is 25.3 Å². The first kappa shape index (κ1) is 17.9. The molecule has 3 rings (SSSR count). The molecule has 6 heteroatoms. The van der Waals surface area contributed by atoms with Gasteiger partial charge >= 0.3 is 0 Å². The summed E-state index contributed by atoms with van der Waals surface area (Å²) in [6, 6.07) is 9.86. The Bertz CT molecular complexity index is 728. The summed E-state index contributed by atoms with van der Waals surface area (Å²) in [6.45, 7) is 1.95. The normalized spacial score (nSPS) is 16.2. The number of halogens is 1. The van der Waals surface area contributed by atoms with Gasteiger partial charge in [0.2, 0.25) is 0 Å². The van der Waals surface area contributed by atoms with Crippen LogP contribution in [0.1, 0.15) is 28.8 Å². The standard InChI is InChI=1S/C19H21BrN2O3/c1-24-17-4-2-15(3-5-17)19(6-8-25-9-7-19)13-22-18(23)14-10-16(20)12-21-11-14/h2-5,10-12H,6-9,13H2,1H3,(H,22,23). The van der Waals surface area contributed by atoms with Gasteiger partial charge in [-0.15, -0.1) is 0 Å². The lowest BCUT2D eigenvalue weighted by Gasteiger charge is -2.38. The van der Waals surface area contributed by atoms with Crippen LogP contribution in [-0.2, 0) is 10.2 Å². The van der Waals surface area contributed by atoms with E-state index in [1.807, 2.05) is 12.1 Å². The first-order valence-corrected chi connectivity index (χ1v) is 9.03. The van der Waals surface area contributed by atoms with E-state index >= 15 is 0 Å². The Morgan fingerprint density at radius 2 is 2.00 bits per heavy atom. The zero-order valence-electron chi connectivity index (χ0n) is 14.1. The number of hydrogen-bond donors (Lipinski definition) is 1. The van der Waals surface area contributed by atoms with Crippen LogP contribution in [0.3, 0.4) is 0 Å². The molecule has 1 aliphatic rings. The minimum Gasteiger partial charge on any atom is -0.497 e. The molecule has 132 valence electrons. The number of methoxy groups -OCH3 is 1. The maximum atomic E-state index is 12.5. The van der Waals surface area contributed by atoms with Crippen molar-refractivity contribution < 1.29 is 14.3 Å². The molecule has 2 heterocycles. The fourth-order valence-electron chi connectivity index (χ4n) is 3.16. The number of amides is 1. The molecular weight excluding hydrogens is 384 g/mol. The van der Waals surface area contributed by atoms with E-state index in [9.17, 15) is 4.79 Å². The highest BCUT2D eigenvalue weighted by Crippen LogP contribution is 2.35. The third-order valence-electron chi connectivity index (χ3n) is 4.71. The minimum atomic E-state index is -0.125. The second-order valence-corrected chi connectivity index (χ2v) is 7.11. The largest absolute Gasteiger partial charge is 0.497 e. The van der Waals surface area contributed by atoms with Crippen LogP contribution < -0.4 is 10.1 Å². The van der Waals surface area contributed by atoms with Crippen LogP contribution in [0.15, 0.2) is 47.2 Å². The molecule has 0 atom stereocenters. The van der Waals surface area contributed by atoms with Gasteiger partial charge in [-0.05, 0) is 52.5 Å². The van der Waals surface area contributed by atoms with Crippen LogP contribution in [0, 0.1) is 0 Å². The Balaban J connectivity index is 1.77. The van der Waals surface area contributed by atoms with E-state index in [0.717, 1.165) is 23.1 Å². The molecule has 1 aliphatic heterocycles. The monoisotopic (exact) mass is 404 g/mol. The fraction of sp³-hybridized carbons (Fsp3) is 0.368. The smallest absolute Gasteiger partial charge is 0.252 e. The summed E-state index contributed by atoms with van der Waals surface area (Å²) in [5.41, 5.74) is 1.62. The van der Waals surface area contributed by atoms with Crippen molar-refractivity contribution in [2.45, 2.75) is 18.3 Å². The van der Waals surface area contributed by atoms with E-state index in [-0.39, 0.29) is 11.3 Å². The molecule has 5 nitrogen and oxygen atoms in total. The SMILES string of the molecule is COc1ccc(C2(CNC(=O)c3cncc(Br)c3)CCOCC2)cc1. The number of pyridine rings is 1. The predicted octanol–water partition coefficient (Wildman–Crippen LogP) is 3.33. The van der Waals surface area contributed by atoms with Gasteiger partial charge in [0.15, 0.2) is 0 Å². The van der Waals surface area contributed by atoms with Crippen LogP contribution in [-0.4, -0.2) is 37.8 Å². The molecule has 0 aliphatic carbocycles. The van der Waals surface area contributed by atoms with E-state index < -0.39 is 0 Å². The molecule has 1 amide bonds. The molecule has 0 bridgehead atoms. The summed E-state index contributed by atoms with van der Waals surface area (Å²) in [6.07, 6.45) is 4.98. The van der Waals surface area contributed by atoms with Crippen molar-refractivity contribution in [1.82, 2.24) is 10.3 Å². The average Bonchev–Trinajstić information content (AvgIpc) is 2.67. The van der Waals surface area contributed by atoms with Crippen molar-refractivity contribution in [2.75, 3.05) is 26.9 Å². The highest BCUT2D eigenvalue weighted by atomic mass is 79.9. The van der Waals surface area contributed by atoms with Gasteiger partial charge in [0, 0.05) is 42.0 Å². The Morgan fingerprint density at radius 1 is 1.28 bits per heavy atom. The zero-order valence-corrected chi connectivity index (χ0v) is 15.7. The molecule has 0 saturated carbocycles. The van der Waals surface area contributed by atoms with E-state index in [2.05, 4.69) is 38.4 Å². The predicted molar refractivity (Wildman–Crippen MR) is 99.0 cm³/mol. The van der Waals surface area contributed by atoms with Crippen LogP contribution in [0.4, 0.5) is 0 Å². The topological polar surface area (TPSA) is 60.5 Å². The first-order chi connectivity index (χ1) is 12.1. The molecule has 25 heavy (non-hydrogen) atoms. The maximum Gasteiger partial charge on any atom is 0.252 e. The summed E-state index contributed by atoms with van der Waals surface area (Å²) < 4.78 is 11.6. The highest BCUT2D eigenvalue weighted by Gasteiger charge is 2.35. The summed E-state index contributed by atoms with van der Waals surface area (Å²) in [5.74, 6) is 0.711. The van der Waals surface area contributed by atoms with E-state index in [4.69, 9.17) is 9.47 Å². The summed E-state index contributed by atoms with van der Waals surface area (Å²) in [7, 11) is 1.66. The number of nitrogens with zero attached hydrogens (tertiary/aromatic N) is 1. The zero-order chi connectivity index (χ0) is 17.7. The van der Waals surface area contributed by atoms with Gasteiger partial charge in [-0.25, -0.2) is 0 Å². The lowest BCUT2D eigenvalue weighted by Crippen LogP contribution is -2.44. The van der Waals surface area contributed by atoms with E-state index in [1.54, 1.807) is 25.6 Å². The number of carbonyl (C=O) groups excluding carboxylic acids is 1. The summed E-state index contributed by atoms with van der Waals surface area (Å²) in [5, 5.41) is 3.08. The average molecular weight is 405 g/mol. The lowest BCUT2D eigenvalue weighted by molar-refractivity contribution is 0.0487. The highest BCUT2D eigenvalue weighted by molar-refractivity contribution is 9.10. The van der Waals surface area contributed by atoms with Gasteiger partial charge in [0.25, 0.3) is 5.91 Å². The molecule has 0 unspecified atom stereocenters. The second-order valence-electron chi connectivity index (χ2n) is 6.20. The number of carbonyl (C=O) groups is 1. The molecule has 1 fully saturated rings. The quantitative estimate of drug-likeness (QED) is 0.829. The van der Waals surface area contributed by atoms with Crippen LogP contribution >= 0.6 is 15.9 Å². The molecule has 1 aromatic heterocycles. The van der Waals surface area contributed by atoms with Gasteiger partial charge in [0.05, 0.1) is 12.7 Å². The molecule has 1 saturated heterocycles. The maximum absolute atomic E-state index is 12.5. The van der Waals surface area contributed by atoms with Crippen molar-refractivity contribution in [2.24, 2.45) is 0 Å². The first-order valence-electron chi connectivity index (χ1n) is 8.24. The van der Waals surface area contributed by atoms with Gasteiger partial charge < -0.3 is 14.8 Å². The summed E-state index contributed by atoms with van der Waals surface area (Å²) in [4.78, 5) is 16.5. The fourth-order valence-corrected chi connectivity index (χ4v) is 3.53. The number of aromatic nitrogens is 1. The molecule has 0 spiro atoms. The lowest BCUT2D eigenvalue weighted by atomic mass is 9.74. The van der Waals surface area contributed by atoms with Gasteiger partial charge in [-0.3, -0.25) is 9.78 Å². The number of rotatable bonds is 5. The Labute approximate surface area is 155 Å². The van der Waals surface area contributed by atoms with Crippen molar-refractivity contribution in [1.29, 1.82) is 0 Å². The molecule has 0 radical (unpaired) electrons. The number of ether oxygens (including phenoxy) is 2. The number of hydrogen-bond acceptors (Lipinski definition) is 4. The van der Waals surface area contributed by atoms with E-state index in [1.165, 1.54) is 5.56 Å². The Kier molecular flexibility index (Phi) is 5.71. The Hall–Kier alpha value is -1.92. The second kappa shape index (κ2) is 7.97. The van der Waals surface area contributed by atoms with Crippen LogP contribution in [0.25, 0.3) is 0 Å². The number of benzene rings is 1. The summed E-state index contributed by atoms with van der Waals surface area (Å²) >= 11 is 3.35. The third kappa shape index (κ3) is 4.19. The van der Waals surface area contributed by atoms with Gasteiger partial charge in [0.1, 0.15) is 5.75 Å². The van der Waals surface area contributed by atoms with Crippen LogP contribution in [0.5, 0.6) is 5.75 Å². The van der Waals surface area contributed by atoms with Crippen molar-refractivity contribution in [3.63, 3.8) is 0 Å². The third-order valence-corrected chi connectivity index (χ3v) is 5.14. The van der Waals surface area contributed by atoms with Crippen molar-refractivity contribution in [3.05, 3.63) is 58.3 Å². The van der Waals surface area contributed by atoms with Gasteiger partial charge in [-0.1, -0.05) is 12.1 Å². The molecular formula is C19H21BrN2O3.